The van der Waals surface area contributed by atoms with E-state index >= 15 is 0 Å². The molecule has 2 aromatic carbocycles. The van der Waals surface area contributed by atoms with Crippen LogP contribution < -0.4 is 9.64 Å². The van der Waals surface area contributed by atoms with E-state index in [9.17, 15) is 4.79 Å². The molecular formula is C18H19NO3. The number of hydrogen-bond donors (Lipinski definition) is 1. The van der Waals surface area contributed by atoms with Crippen molar-refractivity contribution in [1.29, 1.82) is 0 Å². The number of carboxylic acid groups (broad SMARTS) is 1. The van der Waals surface area contributed by atoms with Crippen LogP contribution in [0.5, 0.6) is 5.75 Å². The lowest BCUT2D eigenvalue weighted by Crippen LogP contribution is -2.23. The molecule has 0 saturated carbocycles. The molecule has 1 aliphatic heterocycles. The molecule has 114 valence electrons. The van der Waals surface area contributed by atoms with Crippen molar-refractivity contribution in [3.05, 3.63) is 59.7 Å². The van der Waals surface area contributed by atoms with Gasteiger partial charge in [-0.15, -0.1) is 0 Å². The molecule has 0 unspecified atom stereocenters. The summed E-state index contributed by atoms with van der Waals surface area (Å²) in [5.41, 5.74) is 3.51. The minimum absolute atomic E-state index is 0.172. The van der Waals surface area contributed by atoms with Crippen LogP contribution in [0.4, 0.5) is 5.69 Å². The van der Waals surface area contributed by atoms with E-state index in [1.54, 1.807) is 0 Å². The number of aliphatic carboxylic acids is 1. The van der Waals surface area contributed by atoms with Crippen molar-refractivity contribution in [2.24, 2.45) is 0 Å². The summed E-state index contributed by atoms with van der Waals surface area (Å²) in [5, 5.41) is 8.80. The number of fused-ring (bicyclic) bond motifs is 1. The van der Waals surface area contributed by atoms with E-state index in [0.29, 0.717) is 13.2 Å². The van der Waals surface area contributed by atoms with Gasteiger partial charge in [0.1, 0.15) is 12.4 Å². The van der Waals surface area contributed by atoms with Crippen molar-refractivity contribution in [1.82, 2.24) is 0 Å². The van der Waals surface area contributed by atoms with Gasteiger partial charge in [-0.05, 0) is 35.7 Å². The Morgan fingerprint density at radius 1 is 1.18 bits per heavy atom. The van der Waals surface area contributed by atoms with Gasteiger partial charge in [-0.25, -0.2) is 0 Å². The Morgan fingerprint density at radius 2 is 2.00 bits per heavy atom. The number of anilines is 1. The Morgan fingerprint density at radius 3 is 2.77 bits per heavy atom. The second-order valence-corrected chi connectivity index (χ2v) is 5.45. The maximum Gasteiger partial charge on any atom is 0.305 e. The number of carbonyl (C=O) groups is 1. The summed E-state index contributed by atoms with van der Waals surface area (Å²) in [7, 11) is 0. The summed E-state index contributed by atoms with van der Waals surface area (Å²) in [4.78, 5) is 12.8. The monoisotopic (exact) mass is 297 g/mol. The van der Waals surface area contributed by atoms with Crippen LogP contribution >= 0.6 is 0 Å². The van der Waals surface area contributed by atoms with E-state index in [4.69, 9.17) is 9.84 Å². The third-order valence-electron chi connectivity index (χ3n) is 3.89. The molecule has 0 aromatic heterocycles. The molecule has 0 aliphatic carbocycles. The lowest BCUT2D eigenvalue weighted by Gasteiger charge is -2.18. The van der Waals surface area contributed by atoms with Gasteiger partial charge in [-0.1, -0.05) is 30.3 Å². The third kappa shape index (κ3) is 3.39. The van der Waals surface area contributed by atoms with Gasteiger partial charge in [0.05, 0.1) is 6.42 Å². The molecule has 0 radical (unpaired) electrons. The van der Waals surface area contributed by atoms with Gasteiger partial charge in [-0.3, -0.25) is 4.79 Å². The molecule has 3 rings (SSSR count). The zero-order valence-electron chi connectivity index (χ0n) is 12.4. The summed E-state index contributed by atoms with van der Waals surface area (Å²) in [6.45, 7) is 2.00. The summed E-state index contributed by atoms with van der Waals surface area (Å²) in [5.74, 6) is 0.110. The van der Waals surface area contributed by atoms with Crippen LogP contribution in [0.2, 0.25) is 0 Å². The van der Waals surface area contributed by atoms with E-state index in [2.05, 4.69) is 11.0 Å². The quantitative estimate of drug-likeness (QED) is 0.890. The minimum Gasteiger partial charge on any atom is -0.489 e. The lowest BCUT2D eigenvalue weighted by atomic mass is 10.1. The van der Waals surface area contributed by atoms with E-state index in [1.165, 1.54) is 5.56 Å². The average molecular weight is 297 g/mol. The van der Waals surface area contributed by atoms with Crippen molar-refractivity contribution in [3.8, 4) is 5.75 Å². The van der Waals surface area contributed by atoms with Crippen molar-refractivity contribution in [2.45, 2.75) is 19.4 Å². The number of nitrogens with zero attached hydrogens (tertiary/aromatic N) is 1. The molecule has 1 N–H and O–H groups in total. The van der Waals surface area contributed by atoms with Crippen LogP contribution in [0.25, 0.3) is 0 Å². The molecule has 1 aliphatic rings. The molecule has 0 bridgehead atoms. The van der Waals surface area contributed by atoms with Crippen LogP contribution in [0.15, 0.2) is 48.5 Å². The fourth-order valence-corrected chi connectivity index (χ4v) is 2.74. The van der Waals surface area contributed by atoms with E-state index < -0.39 is 5.97 Å². The fraction of sp³-hybridized carbons (Fsp3) is 0.278. The Labute approximate surface area is 130 Å². The van der Waals surface area contributed by atoms with Gasteiger partial charge in [-0.2, -0.15) is 0 Å². The first-order valence-corrected chi connectivity index (χ1v) is 7.49. The van der Waals surface area contributed by atoms with Crippen LogP contribution in [0.3, 0.4) is 0 Å². The molecule has 0 fully saturated rings. The number of benzene rings is 2. The number of ether oxygens (including phenoxy) is 1. The van der Waals surface area contributed by atoms with E-state index in [-0.39, 0.29) is 6.42 Å². The first-order chi connectivity index (χ1) is 10.7. The maximum atomic E-state index is 10.7. The SMILES string of the molecule is O=C(O)CCN1CCc2cc(OCc3ccccc3)ccc21. The molecule has 1 heterocycles. The van der Waals surface area contributed by atoms with Crippen molar-refractivity contribution in [2.75, 3.05) is 18.0 Å². The van der Waals surface area contributed by atoms with Gasteiger partial charge in [0.2, 0.25) is 0 Å². The summed E-state index contributed by atoms with van der Waals surface area (Å²) in [6.07, 6.45) is 1.11. The molecule has 2 aromatic rings. The smallest absolute Gasteiger partial charge is 0.305 e. The largest absolute Gasteiger partial charge is 0.489 e. The van der Waals surface area contributed by atoms with Crippen molar-refractivity contribution < 1.29 is 14.6 Å². The standard InChI is InChI=1S/C18H19NO3/c20-18(21)9-11-19-10-8-15-12-16(6-7-17(15)19)22-13-14-4-2-1-3-5-14/h1-7,12H,8-11,13H2,(H,20,21). The molecule has 0 atom stereocenters. The van der Waals surface area contributed by atoms with Crippen LogP contribution in [0.1, 0.15) is 17.5 Å². The molecule has 0 amide bonds. The first kappa shape index (κ1) is 14.4. The molecule has 22 heavy (non-hydrogen) atoms. The van der Waals surface area contributed by atoms with Gasteiger partial charge in [0.15, 0.2) is 0 Å². The molecule has 0 spiro atoms. The van der Waals surface area contributed by atoms with Gasteiger partial charge < -0.3 is 14.7 Å². The fourth-order valence-electron chi connectivity index (χ4n) is 2.74. The third-order valence-corrected chi connectivity index (χ3v) is 3.89. The predicted octanol–water partition coefficient (Wildman–Crippen LogP) is 3.10. The van der Waals surface area contributed by atoms with Crippen LogP contribution in [0, 0.1) is 0 Å². The lowest BCUT2D eigenvalue weighted by molar-refractivity contribution is -0.136. The van der Waals surface area contributed by atoms with E-state index in [1.807, 2.05) is 42.5 Å². The molecule has 4 nitrogen and oxygen atoms in total. The molecule has 4 heteroatoms. The highest BCUT2D eigenvalue weighted by Crippen LogP contribution is 2.31. The Balaban J connectivity index is 1.63. The summed E-state index contributed by atoms with van der Waals surface area (Å²) < 4.78 is 5.84. The maximum absolute atomic E-state index is 10.7. The topological polar surface area (TPSA) is 49.8 Å². The van der Waals surface area contributed by atoms with Crippen molar-refractivity contribution >= 4 is 11.7 Å². The molecular weight excluding hydrogens is 278 g/mol. The first-order valence-electron chi connectivity index (χ1n) is 7.49. The number of carboxylic acids is 1. The summed E-state index contributed by atoms with van der Waals surface area (Å²) >= 11 is 0. The second kappa shape index (κ2) is 6.52. The van der Waals surface area contributed by atoms with Gasteiger partial charge >= 0.3 is 5.97 Å². The average Bonchev–Trinajstić information content (AvgIpc) is 2.94. The Hall–Kier alpha value is -2.49. The Bertz CT molecular complexity index is 655. The van der Waals surface area contributed by atoms with Gasteiger partial charge in [0.25, 0.3) is 0 Å². The predicted molar refractivity (Wildman–Crippen MR) is 85.4 cm³/mol. The summed E-state index contributed by atoms with van der Waals surface area (Å²) in [6, 6.07) is 16.1. The normalized spacial score (nSPS) is 13.0. The van der Waals surface area contributed by atoms with Gasteiger partial charge in [0, 0.05) is 18.8 Å². The minimum atomic E-state index is -0.753. The van der Waals surface area contributed by atoms with Crippen LogP contribution in [-0.2, 0) is 17.8 Å². The number of hydrogen-bond acceptors (Lipinski definition) is 3. The molecule has 0 saturated heterocycles. The Kier molecular flexibility index (Phi) is 4.28. The van der Waals surface area contributed by atoms with Crippen molar-refractivity contribution in [3.63, 3.8) is 0 Å². The van der Waals surface area contributed by atoms with E-state index in [0.717, 1.165) is 30.0 Å². The highest BCUT2D eigenvalue weighted by Gasteiger charge is 2.19. The van der Waals surface area contributed by atoms with Crippen LogP contribution in [-0.4, -0.2) is 24.2 Å². The highest BCUT2D eigenvalue weighted by atomic mass is 16.5. The zero-order valence-corrected chi connectivity index (χ0v) is 12.4. The zero-order chi connectivity index (χ0) is 15.4. The highest BCUT2D eigenvalue weighted by molar-refractivity contribution is 5.68. The second-order valence-electron chi connectivity index (χ2n) is 5.45. The number of rotatable bonds is 6.